The van der Waals surface area contributed by atoms with E-state index in [-0.39, 0.29) is 6.04 Å². The number of carbonyl (C=O) groups is 4. The fourth-order valence-corrected chi connectivity index (χ4v) is 2.88. The maximum atomic E-state index is 12.3. The Labute approximate surface area is 154 Å². The Balaban J connectivity index is 2.06. The van der Waals surface area contributed by atoms with Crippen LogP contribution in [0.3, 0.4) is 0 Å². The lowest BCUT2D eigenvalue weighted by Crippen LogP contribution is -2.43. The molecule has 0 bridgehead atoms. The summed E-state index contributed by atoms with van der Waals surface area (Å²) in [6, 6.07) is 6.07. The second kappa shape index (κ2) is 7.77. The highest BCUT2D eigenvalue weighted by Crippen LogP contribution is 2.20. The highest BCUT2D eigenvalue weighted by atomic mass is 79.9. The molecule has 5 amide bonds. The molecule has 0 aliphatic carbocycles. The van der Waals surface area contributed by atoms with Crippen LogP contribution < -0.4 is 5.32 Å². The number of nitrogens with zero attached hydrogens (tertiary/aromatic N) is 2. The summed E-state index contributed by atoms with van der Waals surface area (Å²) in [6.45, 7) is 4.71. The molecule has 7 nitrogen and oxygen atoms in total. The molecule has 0 radical (unpaired) electrons. The molecular formula is C17H20BrN3O4. The van der Waals surface area contributed by atoms with E-state index in [2.05, 4.69) is 21.2 Å². The molecule has 0 aromatic heterocycles. The van der Waals surface area contributed by atoms with E-state index in [1.54, 1.807) is 13.8 Å². The Morgan fingerprint density at radius 2 is 1.72 bits per heavy atom. The molecule has 8 heteroatoms. The summed E-state index contributed by atoms with van der Waals surface area (Å²) >= 11 is 3.36. The van der Waals surface area contributed by atoms with Gasteiger partial charge in [0.2, 0.25) is 5.91 Å². The minimum atomic E-state index is -0.967. The molecule has 1 N–H and O–H groups in total. The van der Waals surface area contributed by atoms with Crippen molar-refractivity contribution < 1.29 is 19.2 Å². The minimum absolute atomic E-state index is 0.245. The molecule has 134 valence electrons. The first-order valence-electron chi connectivity index (χ1n) is 8.00. The zero-order valence-electron chi connectivity index (χ0n) is 14.3. The van der Waals surface area contributed by atoms with E-state index in [1.807, 2.05) is 31.2 Å². The molecule has 0 unspecified atom stereocenters. The Kier molecular flexibility index (Phi) is 5.94. The maximum absolute atomic E-state index is 12.3. The summed E-state index contributed by atoms with van der Waals surface area (Å²) in [4.78, 5) is 49.8. The van der Waals surface area contributed by atoms with Gasteiger partial charge in [-0.25, -0.2) is 9.69 Å². The zero-order chi connectivity index (χ0) is 18.7. The molecule has 1 fully saturated rings. The number of nitrogens with one attached hydrogen (secondary N) is 1. The Hall–Kier alpha value is -2.22. The molecule has 1 aliphatic heterocycles. The zero-order valence-corrected chi connectivity index (χ0v) is 15.9. The van der Waals surface area contributed by atoms with Crippen LogP contribution in [0.5, 0.6) is 0 Å². The first-order valence-corrected chi connectivity index (χ1v) is 8.79. The Morgan fingerprint density at radius 1 is 1.12 bits per heavy atom. The van der Waals surface area contributed by atoms with Crippen LogP contribution in [-0.4, -0.2) is 46.1 Å². The maximum Gasteiger partial charge on any atom is 0.334 e. The van der Waals surface area contributed by atoms with Gasteiger partial charge in [-0.3, -0.25) is 19.3 Å². The van der Waals surface area contributed by atoms with Gasteiger partial charge in [0, 0.05) is 10.5 Å². The fourth-order valence-electron chi connectivity index (χ4n) is 2.62. The number of imide groups is 2. The average molecular weight is 410 g/mol. The van der Waals surface area contributed by atoms with Gasteiger partial charge >= 0.3 is 17.8 Å². The molecular weight excluding hydrogens is 390 g/mol. The van der Waals surface area contributed by atoms with Crippen LogP contribution in [0.15, 0.2) is 28.7 Å². The SMILES string of the molecule is CC[C@@H](NC(=O)CN1C(=O)C(=O)N(C(C)C)C1=O)c1ccc(Br)cc1. The van der Waals surface area contributed by atoms with Gasteiger partial charge in [0.1, 0.15) is 6.54 Å². The third kappa shape index (κ3) is 4.07. The first kappa shape index (κ1) is 19.1. The molecule has 1 aromatic rings. The number of hydrogen-bond acceptors (Lipinski definition) is 4. The van der Waals surface area contributed by atoms with Crippen molar-refractivity contribution in [3.05, 3.63) is 34.3 Å². The number of rotatable bonds is 6. The lowest BCUT2D eigenvalue weighted by Gasteiger charge is -2.20. The van der Waals surface area contributed by atoms with Crippen molar-refractivity contribution in [1.82, 2.24) is 15.1 Å². The quantitative estimate of drug-likeness (QED) is 0.576. The standard InChI is InChI=1S/C17H20BrN3O4/c1-4-13(11-5-7-12(18)8-6-11)19-14(22)9-20-15(23)16(24)21(10(2)3)17(20)25/h5-8,10,13H,4,9H2,1-3H3,(H,19,22)/t13-/m1/s1. The number of benzene rings is 1. The Bertz CT molecular complexity index is 702. The molecule has 0 saturated carbocycles. The molecule has 1 aliphatic rings. The number of carbonyl (C=O) groups excluding carboxylic acids is 4. The van der Waals surface area contributed by atoms with Crippen LogP contribution in [0.25, 0.3) is 0 Å². The van der Waals surface area contributed by atoms with Crippen molar-refractivity contribution >= 4 is 39.7 Å². The number of halogens is 1. The highest BCUT2D eigenvalue weighted by Gasteiger charge is 2.46. The van der Waals surface area contributed by atoms with Gasteiger partial charge in [-0.1, -0.05) is 35.0 Å². The summed E-state index contributed by atoms with van der Waals surface area (Å²) < 4.78 is 0.929. The van der Waals surface area contributed by atoms with Crippen LogP contribution >= 0.6 is 15.9 Å². The Morgan fingerprint density at radius 3 is 2.20 bits per heavy atom. The largest absolute Gasteiger partial charge is 0.348 e. The van der Waals surface area contributed by atoms with Crippen molar-refractivity contribution in [1.29, 1.82) is 0 Å². The van der Waals surface area contributed by atoms with Crippen molar-refractivity contribution in [2.45, 2.75) is 39.3 Å². The summed E-state index contributed by atoms with van der Waals surface area (Å²) in [5, 5.41) is 2.80. The molecule has 1 saturated heterocycles. The van der Waals surface area contributed by atoms with E-state index < -0.39 is 36.3 Å². The molecule has 2 rings (SSSR count). The number of hydrogen-bond donors (Lipinski definition) is 1. The normalized spacial score (nSPS) is 16.0. The van der Waals surface area contributed by atoms with Gasteiger partial charge in [-0.15, -0.1) is 0 Å². The van der Waals surface area contributed by atoms with Crippen LogP contribution in [0.1, 0.15) is 38.8 Å². The number of amides is 5. The summed E-state index contributed by atoms with van der Waals surface area (Å²) in [5.41, 5.74) is 0.915. The van der Waals surface area contributed by atoms with Crippen LogP contribution in [-0.2, 0) is 14.4 Å². The van der Waals surface area contributed by atoms with Crippen LogP contribution in [0.2, 0.25) is 0 Å². The fraction of sp³-hybridized carbons (Fsp3) is 0.412. The lowest BCUT2D eigenvalue weighted by atomic mass is 10.0. The van der Waals surface area contributed by atoms with Crippen molar-refractivity contribution in [2.75, 3.05) is 6.54 Å². The lowest BCUT2D eigenvalue weighted by molar-refractivity contribution is -0.144. The summed E-state index contributed by atoms with van der Waals surface area (Å²) in [7, 11) is 0. The van der Waals surface area contributed by atoms with Crippen molar-refractivity contribution in [2.24, 2.45) is 0 Å². The predicted molar refractivity (Wildman–Crippen MR) is 94.4 cm³/mol. The van der Waals surface area contributed by atoms with Gasteiger partial charge in [-0.05, 0) is 38.0 Å². The van der Waals surface area contributed by atoms with Crippen LogP contribution in [0.4, 0.5) is 4.79 Å². The van der Waals surface area contributed by atoms with Crippen LogP contribution in [0, 0.1) is 0 Å². The first-order chi connectivity index (χ1) is 11.8. The van der Waals surface area contributed by atoms with Gasteiger partial charge in [0.15, 0.2) is 0 Å². The van der Waals surface area contributed by atoms with Gasteiger partial charge in [-0.2, -0.15) is 0 Å². The summed E-state index contributed by atoms with van der Waals surface area (Å²) in [6.07, 6.45) is 0.645. The monoisotopic (exact) mass is 409 g/mol. The molecule has 0 spiro atoms. The average Bonchev–Trinajstić information content (AvgIpc) is 2.77. The topological polar surface area (TPSA) is 86.8 Å². The van der Waals surface area contributed by atoms with E-state index in [9.17, 15) is 19.2 Å². The van der Waals surface area contributed by atoms with E-state index in [4.69, 9.17) is 0 Å². The third-order valence-corrected chi connectivity index (χ3v) is 4.45. The minimum Gasteiger partial charge on any atom is -0.348 e. The number of urea groups is 1. The predicted octanol–water partition coefficient (Wildman–Crippen LogP) is 2.22. The molecule has 1 aromatic carbocycles. The van der Waals surface area contributed by atoms with E-state index in [0.717, 1.165) is 14.9 Å². The van der Waals surface area contributed by atoms with Gasteiger partial charge in [0.25, 0.3) is 0 Å². The van der Waals surface area contributed by atoms with E-state index >= 15 is 0 Å². The smallest absolute Gasteiger partial charge is 0.334 e. The summed E-state index contributed by atoms with van der Waals surface area (Å²) in [5.74, 6) is -2.35. The molecule has 1 atom stereocenters. The van der Waals surface area contributed by atoms with Crippen molar-refractivity contribution in [3.63, 3.8) is 0 Å². The second-order valence-electron chi connectivity index (χ2n) is 6.02. The third-order valence-electron chi connectivity index (χ3n) is 3.92. The van der Waals surface area contributed by atoms with E-state index in [1.165, 1.54) is 0 Å². The second-order valence-corrected chi connectivity index (χ2v) is 6.94. The van der Waals surface area contributed by atoms with Crippen molar-refractivity contribution in [3.8, 4) is 0 Å². The van der Waals surface area contributed by atoms with Gasteiger partial charge in [0.05, 0.1) is 6.04 Å². The van der Waals surface area contributed by atoms with E-state index in [0.29, 0.717) is 11.3 Å². The highest BCUT2D eigenvalue weighted by molar-refractivity contribution is 9.10. The molecule has 1 heterocycles. The molecule has 25 heavy (non-hydrogen) atoms. The van der Waals surface area contributed by atoms with Gasteiger partial charge < -0.3 is 5.32 Å².